The Labute approximate surface area is 120 Å². The molecule has 6 heteroatoms. The standard InChI is InChI=1S/C13H16BrN3O2/c1-8(2)12-13(19)17(7-11(18)16-12)6-9-3-10(14)5-15-4-9/h3-5,8,12H,6-7H2,1-2H3,(H,16,18). The molecule has 0 radical (unpaired) electrons. The number of carbonyl (C=O) groups is 2. The number of rotatable bonds is 3. The SMILES string of the molecule is CC(C)C1NC(=O)CN(Cc2cncc(Br)c2)C1=O. The second-order valence-electron chi connectivity index (χ2n) is 4.99. The molecule has 1 aromatic heterocycles. The van der Waals surface area contributed by atoms with Crippen LogP contribution >= 0.6 is 15.9 Å². The van der Waals surface area contributed by atoms with Crippen LogP contribution in [0.15, 0.2) is 22.9 Å². The molecule has 1 N–H and O–H groups in total. The van der Waals surface area contributed by atoms with Gasteiger partial charge in [-0.05, 0) is 33.5 Å². The van der Waals surface area contributed by atoms with Gasteiger partial charge in [0.05, 0.1) is 6.54 Å². The van der Waals surface area contributed by atoms with E-state index in [1.54, 1.807) is 17.3 Å². The van der Waals surface area contributed by atoms with E-state index in [2.05, 4.69) is 26.2 Å². The van der Waals surface area contributed by atoms with Crippen molar-refractivity contribution in [1.29, 1.82) is 0 Å². The highest BCUT2D eigenvalue weighted by molar-refractivity contribution is 9.10. The van der Waals surface area contributed by atoms with E-state index in [0.29, 0.717) is 6.54 Å². The van der Waals surface area contributed by atoms with Gasteiger partial charge in [0.1, 0.15) is 6.04 Å². The first-order chi connectivity index (χ1) is 8.97. The van der Waals surface area contributed by atoms with Crippen molar-refractivity contribution in [2.45, 2.75) is 26.4 Å². The third-order valence-electron chi connectivity index (χ3n) is 3.03. The summed E-state index contributed by atoms with van der Waals surface area (Å²) in [6.07, 6.45) is 3.39. The predicted molar refractivity (Wildman–Crippen MR) is 74.1 cm³/mol. The van der Waals surface area contributed by atoms with Gasteiger partial charge in [-0.15, -0.1) is 0 Å². The topological polar surface area (TPSA) is 62.3 Å². The number of carbonyl (C=O) groups excluding carboxylic acids is 2. The van der Waals surface area contributed by atoms with Gasteiger partial charge in [-0.3, -0.25) is 14.6 Å². The lowest BCUT2D eigenvalue weighted by molar-refractivity contribution is -0.146. The largest absolute Gasteiger partial charge is 0.343 e. The number of hydrogen-bond acceptors (Lipinski definition) is 3. The number of aromatic nitrogens is 1. The lowest BCUT2D eigenvalue weighted by atomic mass is 10.0. The van der Waals surface area contributed by atoms with Crippen LogP contribution in [0.5, 0.6) is 0 Å². The van der Waals surface area contributed by atoms with Crippen molar-refractivity contribution in [3.63, 3.8) is 0 Å². The molecule has 5 nitrogen and oxygen atoms in total. The number of pyridine rings is 1. The highest BCUT2D eigenvalue weighted by Crippen LogP contribution is 2.16. The summed E-state index contributed by atoms with van der Waals surface area (Å²) in [5, 5.41) is 2.74. The van der Waals surface area contributed by atoms with Gasteiger partial charge in [-0.25, -0.2) is 0 Å². The zero-order valence-electron chi connectivity index (χ0n) is 10.9. The summed E-state index contributed by atoms with van der Waals surface area (Å²) in [6.45, 7) is 4.36. The number of piperazine rings is 1. The van der Waals surface area contributed by atoms with Gasteiger partial charge >= 0.3 is 0 Å². The number of amides is 2. The fourth-order valence-electron chi connectivity index (χ4n) is 2.08. The van der Waals surface area contributed by atoms with Crippen molar-refractivity contribution >= 4 is 27.7 Å². The zero-order valence-corrected chi connectivity index (χ0v) is 12.5. The summed E-state index contributed by atoms with van der Waals surface area (Å²) in [7, 11) is 0. The van der Waals surface area contributed by atoms with Crippen molar-refractivity contribution in [2.75, 3.05) is 6.54 Å². The predicted octanol–water partition coefficient (Wildman–Crippen LogP) is 1.33. The first-order valence-electron chi connectivity index (χ1n) is 6.15. The van der Waals surface area contributed by atoms with Gasteiger partial charge in [0, 0.05) is 23.4 Å². The minimum absolute atomic E-state index is 0.0328. The van der Waals surface area contributed by atoms with E-state index in [1.165, 1.54) is 0 Å². The Morgan fingerprint density at radius 3 is 2.84 bits per heavy atom. The molecule has 2 rings (SSSR count). The molecule has 2 amide bonds. The highest BCUT2D eigenvalue weighted by atomic mass is 79.9. The Morgan fingerprint density at radius 1 is 1.47 bits per heavy atom. The van der Waals surface area contributed by atoms with Gasteiger partial charge in [-0.1, -0.05) is 13.8 Å². The Kier molecular flexibility index (Phi) is 4.19. The van der Waals surface area contributed by atoms with E-state index in [1.807, 2.05) is 19.9 Å². The van der Waals surface area contributed by atoms with Crippen molar-refractivity contribution in [3.8, 4) is 0 Å². The molecule has 19 heavy (non-hydrogen) atoms. The Morgan fingerprint density at radius 2 is 2.21 bits per heavy atom. The molecule has 0 aliphatic carbocycles. The smallest absolute Gasteiger partial charge is 0.246 e. The molecule has 1 atom stereocenters. The lowest BCUT2D eigenvalue weighted by Crippen LogP contribution is -2.59. The van der Waals surface area contributed by atoms with Crippen LogP contribution in [0.4, 0.5) is 0 Å². The maximum Gasteiger partial charge on any atom is 0.246 e. The van der Waals surface area contributed by atoms with Crippen LogP contribution in [-0.4, -0.2) is 34.3 Å². The Hall–Kier alpha value is -1.43. The molecule has 0 aromatic carbocycles. The van der Waals surface area contributed by atoms with Crippen LogP contribution < -0.4 is 5.32 Å². The fourth-order valence-corrected chi connectivity index (χ4v) is 2.49. The van der Waals surface area contributed by atoms with E-state index in [0.717, 1.165) is 10.0 Å². The number of halogens is 1. The maximum atomic E-state index is 12.3. The van der Waals surface area contributed by atoms with Crippen molar-refractivity contribution in [3.05, 3.63) is 28.5 Å². The molecule has 0 bridgehead atoms. The van der Waals surface area contributed by atoms with Gasteiger partial charge < -0.3 is 10.2 Å². The monoisotopic (exact) mass is 325 g/mol. The summed E-state index contributed by atoms with van der Waals surface area (Å²) in [6, 6.07) is 1.47. The minimum Gasteiger partial charge on any atom is -0.343 e. The van der Waals surface area contributed by atoms with Gasteiger partial charge in [0.15, 0.2) is 0 Å². The van der Waals surface area contributed by atoms with Crippen LogP contribution in [0.25, 0.3) is 0 Å². The van der Waals surface area contributed by atoms with Gasteiger partial charge in [0.2, 0.25) is 11.8 Å². The number of hydrogen-bond donors (Lipinski definition) is 1. The van der Waals surface area contributed by atoms with Crippen LogP contribution in [0.3, 0.4) is 0 Å². The summed E-state index contributed by atoms with van der Waals surface area (Å²) in [5.74, 6) is -0.0595. The summed E-state index contributed by atoms with van der Waals surface area (Å²) in [5.41, 5.74) is 0.903. The summed E-state index contributed by atoms with van der Waals surface area (Å²) < 4.78 is 0.860. The highest BCUT2D eigenvalue weighted by Gasteiger charge is 2.34. The first kappa shape index (κ1) is 14.0. The number of nitrogens with one attached hydrogen (secondary N) is 1. The molecule has 102 valence electrons. The molecule has 0 spiro atoms. The quantitative estimate of drug-likeness (QED) is 0.911. The molecular weight excluding hydrogens is 310 g/mol. The van der Waals surface area contributed by atoms with Gasteiger partial charge in [0.25, 0.3) is 0 Å². The first-order valence-corrected chi connectivity index (χ1v) is 6.94. The van der Waals surface area contributed by atoms with E-state index in [9.17, 15) is 9.59 Å². The summed E-state index contributed by atoms with van der Waals surface area (Å²) >= 11 is 3.34. The van der Waals surface area contributed by atoms with Gasteiger partial charge in [-0.2, -0.15) is 0 Å². The second-order valence-corrected chi connectivity index (χ2v) is 5.91. The molecule has 1 saturated heterocycles. The Bertz CT molecular complexity index is 504. The molecule has 1 aliphatic heterocycles. The van der Waals surface area contributed by atoms with Crippen LogP contribution in [0, 0.1) is 5.92 Å². The maximum absolute atomic E-state index is 12.3. The molecule has 2 heterocycles. The third kappa shape index (κ3) is 3.32. The molecular formula is C13H16BrN3O2. The van der Waals surface area contributed by atoms with E-state index in [-0.39, 0.29) is 24.3 Å². The van der Waals surface area contributed by atoms with Crippen molar-refractivity contribution in [1.82, 2.24) is 15.2 Å². The minimum atomic E-state index is -0.429. The van der Waals surface area contributed by atoms with E-state index >= 15 is 0 Å². The number of nitrogens with zero attached hydrogens (tertiary/aromatic N) is 2. The van der Waals surface area contributed by atoms with E-state index < -0.39 is 6.04 Å². The Balaban J connectivity index is 2.14. The zero-order chi connectivity index (χ0) is 14.0. The average Bonchev–Trinajstić information content (AvgIpc) is 2.33. The molecule has 1 aliphatic rings. The molecule has 1 aromatic rings. The molecule has 0 saturated carbocycles. The fraction of sp³-hybridized carbons (Fsp3) is 0.462. The average molecular weight is 326 g/mol. The van der Waals surface area contributed by atoms with Crippen molar-refractivity contribution < 1.29 is 9.59 Å². The molecule has 1 unspecified atom stereocenters. The van der Waals surface area contributed by atoms with Crippen LogP contribution in [0.1, 0.15) is 19.4 Å². The molecule has 1 fully saturated rings. The van der Waals surface area contributed by atoms with Crippen LogP contribution in [0.2, 0.25) is 0 Å². The second kappa shape index (κ2) is 5.69. The summed E-state index contributed by atoms with van der Waals surface area (Å²) in [4.78, 5) is 29.6. The van der Waals surface area contributed by atoms with Crippen molar-refractivity contribution in [2.24, 2.45) is 5.92 Å². The third-order valence-corrected chi connectivity index (χ3v) is 3.46. The van der Waals surface area contributed by atoms with E-state index in [4.69, 9.17) is 0 Å². The normalized spacial score (nSPS) is 19.8. The van der Waals surface area contributed by atoms with Crippen LogP contribution in [-0.2, 0) is 16.1 Å². The lowest BCUT2D eigenvalue weighted by Gasteiger charge is -2.34.